The molecule has 0 saturated heterocycles. The van der Waals surface area contributed by atoms with E-state index < -0.39 is 11.9 Å². The summed E-state index contributed by atoms with van der Waals surface area (Å²) in [5.74, 6) is -1.43. The number of carboxylic acids is 1. The molecule has 17 heavy (non-hydrogen) atoms. The van der Waals surface area contributed by atoms with E-state index in [4.69, 9.17) is 0 Å². The van der Waals surface area contributed by atoms with Crippen molar-refractivity contribution >= 4 is 11.8 Å². The van der Waals surface area contributed by atoms with Gasteiger partial charge in [0.2, 0.25) is 0 Å². The van der Waals surface area contributed by atoms with E-state index in [-0.39, 0.29) is 11.7 Å². The molecule has 0 heterocycles. The van der Waals surface area contributed by atoms with Gasteiger partial charge in [-0.15, -0.1) is 0 Å². The summed E-state index contributed by atoms with van der Waals surface area (Å²) in [5, 5.41) is 11.0. The Kier molecular flexibility index (Phi) is 3.57. The second-order valence-electron chi connectivity index (χ2n) is 4.66. The van der Waals surface area contributed by atoms with Crippen LogP contribution in [0.3, 0.4) is 0 Å². The molecule has 0 aliphatic heterocycles. The van der Waals surface area contributed by atoms with Crippen molar-refractivity contribution in [1.82, 2.24) is 0 Å². The van der Waals surface area contributed by atoms with Gasteiger partial charge in [0.25, 0.3) is 0 Å². The highest BCUT2D eigenvalue weighted by molar-refractivity contribution is 5.82. The molecule has 2 atom stereocenters. The topological polar surface area (TPSA) is 57.2 Å². The normalized spacial score (nSPS) is 24.6. The lowest BCUT2D eigenvalue weighted by molar-refractivity contribution is -0.313. The third-order valence-corrected chi connectivity index (χ3v) is 3.44. The highest BCUT2D eigenvalue weighted by atomic mass is 16.4. The van der Waals surface area contributed by atoms with Crippen LogP contribution in [0.5, 0.6) is 0 Å². The summed E-state index contributed by atoms with van der Waals surface area (Å²) in [6.07, 6.45) is 1.82. The summed E-state index contributed by atoms with van der Waals surface area (Å²) in [5.41, 5.74) is 1.08. The van der Waals surface area contributed by atoms with Gasteiger partial charge in [-0.3, -0.25) is 4.79 Å². The molecule has 0 spiro atoms. The first-order chi connectivity index (χ1) is 8.16. The Labute approximate surface area is 100 Å². The highest BCUT2D eigenvalue weighted by Gasteiger charge is 2.30. The van der Waals surface area contributed by atoms with Crippen LogP contribution in [-0.2, 0) is 16.0 Å². The molecule has 1 fully saturated rings. The van der Waals surface area contributed by atoms with Crippen LogP contribution in [0.25, 0.3) is 0 Å². The van der Waals surface area contributed by atoms with Gasteiger partial charge in [0.1, 0.15) is 5.78 Å². The van der Waals surface area contributed by atoms with Gasteiger partial charge >= 0.3 is 0 Å². The maximum Gasteiger partial charge on any atom is 0.133 e. The van der Waals surface area contributed by atoms with Gasteiger partial charge in [-0.05, 0) is 24.3 Å². The number of benzene rings is 1. The summed E-state index contributed by atoms with van der Waals surface area (Å²) >= 11 is 0. The average molecular weight is 231 g/mol. The molecule has 0 N–H and O–H groups in total. The number of aliphatic carboxylic acids is 1. The van der Waals surface area contributed by atoms with E-state index in [1.165, 1.54) is 0 Å². The van der Waals surface area contributed by atoms with Crippen molar-refractivity contribution in [3.63, 3.8) is 0 Å². The Balaban J connectivity index is 2.10. The van der Waals surface area contributed by atoms with Gasteiger partial charge < -0.3 is 9.90 Å². The number of carbonyl (C=O) groups excluding carboxylic acids is 2. The number of hydrogen-bond acceptors (Lipinski definition) is 3. The van der Waals surface area contributed by atoms with E-state index >= 15 is 0 Å². The predicted molar refractivity (Wildman–Crippen MR) is 61.0 cm³/mol. The molecule has 0 radical (unpaired) electrons. The largest absolute Gasteiger partial charge is 0.550 e. The van der Waals surface area contributed by atoms with Crippen LogP contribution in [0.2, 0.25) is 0 Å². The molecule has 1 aromatic carbocycles. The van der Waals surface area contributed by atoms with Crippen LogP contribution in [0.4, 0.5) is 0 Å². The molecule has 2 rings (SSSR count). The molecular formula is C14H15O3-. The van der Waals surface area contributed by atoms with Crippen LogP contribution in [0.1, 0.15) is 24.8 Å². The summed E-state index contributed by atoms with van der Waals surface area (Å²) in [6, 6.07) is 9.70. The molecule has 0 aromatic heterocycles. The van der Waals surface area contributed by atoms with Crippen molar-refractivity contribution in [3.8, 4) is 0 Å². The SMILES string of the molecule is O=C1CC[C@H](C(=O)[O-])[C@@H](Cc2ccccc2)C1. The van der Waals surface area contributed by atoms with Crippen LogP contribution in [0, 0.1) is 11.8 Å². The third-order valence-electron chi connectivity index (χ3n) is 3.44. The minimum Gasteiger partial charge on any atom is -0.550 e. The first kappa shape index (κ1) is 11.8. The van der Waals surface area contributed by atoms with Gasteiger partial charge in [0, 0.05) is 24.7 Å². The van der Waals surface area contributed by atoms with E-state index in [2.05, 4.69) is 0 Å². The van der Waals surface area contributed by atoms with Gasteiger partial charge in [-0.25, -0.2) is 0 Å². The Morgan fingerprint density at radius 1 is 1.29 bits per heavy atom. The van der Waals surface area contributed by atoms with Crippen molar-refractivity contribution in [2.24, 2.45) is 11.8 Å². The van der Waals surface area contributed by atoms with Crippen molar-refractivity contribution in [1.29, 1.82) is 0 Å². The lowest BCUT2D eigenvalue weighted by Crippen LogP contribution is -2.40. The maximum atomic E-state index is 11.4. The fourth-order valence-corrected chi connectivity index (χ4v) is 2.53. The number of carboxylic acid groups (broad SMARTS) is 1. The summed E-state index contributed by atoms with van der Waals surface area (Å²) in [6.45, 7) is 0. The van der Waals surface area contributed by atoms with Crippen LogP contribution in [0.15, 0.2) is 30.3 Å². The van der Waals surface area contributed by atoms with Crippen LogP contribution < -0.4 is 5.11 Å². The highest BCUT2D eigenvalue weighted by Crippen LogP contribution is 2.30. The number of Topliss-reactive ketones (excluding diaryl/α,β-unsaturated/α-hetero) is 1. The van der Waals surface area contributed by atoms with Crippen molar-refractivity contribution < 1.29 is 14.7 Å². The van der Waals surface area contributed by atoms with Crippen LogP contribution in [-0.4, -0.2) is 11.8 Å². The monoisotopic (exact) mass is 231 g/mol. The van der Waals surface area contributed by atoms with Crippen LogP contribution >= 0.6 is 0 Å². The fourth-order valence-electron chi connectivity index (χ4n) is 2.53. The standard InChI is InChI=1S/C14H16O3/c15-12-6-7-13(14(16)17)11(9-12)8-10-4-2-1-3-5-10/h1-5,11,13H,6-9H2,(H,16,17)/p-1/t11-,13-/m0/s1. The van der Waals surface area contributed by atoms with E-state index in [0.717, 1.165) is 5.56 Å². The van der Waals surface area contributed by atoms with Crippen molar-refractivity contribution in [2.45, 2.75) is 25.7 Å². The molecule has 0 bridgehead atoms. The summed E-state index contributed by atoms with van der Waals surface area (Å²) in [7, 11) is 0. The molecule has 3 heteroatoms. The number of carbonyl (C=O) groups is 2. The molecule has 1 aliphatic carbocycles. The second kappa shape index (κ2) is 5.13. The van der Waals surface area contributed by atoms with Gasteiger partial charge in [-0.1, -0.05) is 30.3 Å². The zero-order chi connectivity index (χ0) is 12.3. The summed E-state index contributed by atoms with van der Waals surface area (Å²) < 4.78 is 0. The molecule has 0 amide bonds. The Bertz CT molecular complexity index is 411. The van der Waals surface area contributed by atoms with Crippen molar-refractivity contribution in [3.05, 3.63) is 35.9 Å². The smallest absolute Gasteiger partial charge is 0.133 e. The van der Waals surface area contributed by atoms with Gasteiger partial charge in [0.05, 0.1) is 0 Å². The van der Waals surface area contributed by atoms with E-state index in [9.17, 15) is 14.7 Å². The molecule has 3 nitrogen and oxygen atoms in total. The summed E-state index contributed by atoms with van der Waals surface area (Å²) in [4.78, 5) is 22.5. The second-order valence-corrected chi connectivity index (χ2v) is 4.66. The average Bonchev–Trinajstić information content (AvgIpc) is 2.30. The van der Waals surface area contributed by atoms with Gasteiger partial charge in [0.15, 0.2) is 0 Å². The Morgan fingerprint density at radius 3 is 2.65 bits per heavy atom. The van der Waals surface area contributed by atoms with Gasteiger partial charge in [-0.2, -0.15) is 0 Å². The minimum absolute atomic E-state index is 0.108. The zero-order valence-electron chi connectivity index (χ0n) is 9.59. The third kappa shape index (κ3) is 2.93. The minimum atomic E-state index is -1.02. The number of ketones is 1. The zero-order valence-corrected chi connectivity index (χ0v) is 9.59. The molecule has 1 saturated carbocycles. The van der Waals surface area contributed by atoms with E-state index in [0.29, 0.717) is 25.7 Å². The quantitative estimate of drug-likeness (QED) is 0.778. The number of hydrogen-bond donors (Lipinski definition) is 0. The lowest BCUT2D eigenvalue weighted by atomic mass is 9.75. The first-order valence-electron chi connectivity index (χ1n) is 5.93. The molecule has 90 valence electrons. The lowest BCUT2D eigenvalue weighted by Gasteiger charge is -2.31. The fraction of sp³-hybridized carbons (Fsp3) is 0.429. The Morgan fingerprint density at radius 2 is 2.00 bits per heavy atom. The van der Waals surface area contributed by atoms with E-state index in [1.807, 2.05) is 30.3 Å². The van der Waals surface area contributed by atoms with Crippen molar-refractivity contribution in [2.75, 3.05) is 0 Å². The predicted octanol–water partition coefficient (Wildman–Crippen LogP) is 0.964. The number of rotatable bonds is 3. The molecule has 1 aliphatic rings. The molecule has 0 unspecified atom stereocenters. The van der Waals surface area contributed by atoms with E-state index in [1.54, 1.807) is 0 Å². The maximum absolute atomic E-state index is 11.4. The molecule has 1 aromatic rings. The first-order valence-corrected chi connectivity index (χ1v) is 5.93. The Hall–Kier alpha value is -1.64. The molecular weight excluding hydrogens is 216 g/mol.